The average Bonchev–Trinajstić information content (AvgIpc) is 2.62. The third-order valence-electron chi connectivity index (χ3n) is 4.37. The van der Waals surface area contributed by atoms with Crippen molar-refractivity contribution in [1.82, 2.24) is 0 Å². The summed E-state index contributed by atoms with van der Waals surface area (Å²) < 4.78 is 0. The molecule has 1 aliphatic heterocycles. The summed E-state index contributed by atoms with van der Waals surface area (Å²) in [5.41, 5.74) is 3.57. The molecule has 0 saturated carbocycles. The van der Waals surface area contributed by atoms with Crippen molar-refractivity contribution in [3.63, 3.8) is 0 Å². The number of hydrogen-bond acceptors (Lipinski definition) is 4. The molecule has 0 bridgehead atoms. The van der Waals surface area contributed by atoms with Crippen LogP contribution in [0.3, 0.4) is 0 Å². The van der Waals surface area contributed by atoms with Gasteiger partial charge >= 0.3 is 0 Å². The van der Waals surface area contributed by atoms with Crippen LogP contribution in [0, 0.1) is 17.0 Å². The third kappa shape index (κ3) is 3.79. The van der Waals surface area contributed by atoms with Gasteiger partial charge in [0.05, 0.1) is 10.6 Å². The molecular formula is C19H21N3O2. The fourth-order valence-corrected chi connectivity index (χ4v) is 2.95. The highest BCUT2D eigenvalue weighted by molar-refractivity contribution is 5.82. The van der Waals surface area contributed by atoms with E-state index in [4.69, 9.17) is 0 Å². The summed E-state index contributed by atoms with van der Waals surface area (Å²) in [6.07, 6.45) is 5.59. The van der Waals surface area contributed by atoms with E-state index in [0.29, 0.717) is 11.3 Å². The Bertz CT molecular complexity index is 748. The summed E-state index contributed by atoms with van der Waals surface area (Å²) in [5, 5.41) is 11.0. The number of hydrogen-bond donors (Lipinski definition) is 0. The first-order valence-electron chi connectivity index (χ1n) is 8.27. The zero-order valence-corrected chi connectivity index (χ0v) is 13.8. The van der Waals surface area contributed by atoms with Crippen molar-refractivity contribution in [2.75, 3.05) is 18.0 Å². The van der Waals surface area contributed by atoms with Gasteiger partial charge in [0.1, 0.15) is 0 Å². The molecule has 0 aromatic heterocycles. The summed E-state index contributed by atoms with van der Waals surface area (Å²) in [6, 6.07) is 13.3. The highest BCUT2D eigenvalue weighted by Gasteiger charge is 2.11. The minimum absolute atomic E-state index is 0.102. The van der Waals surface area contributed by atoms with Crippen LogP contribution in [-0.2, 0) is 0 Å². The lowest BCUT2D eigenvalue weighted by Crippen LogP contribution is -2.29. The molecule has 124 valence electrons. The molecule has 1 saturated heterocycles. The molecule has 0 radical (unpaired) electrons. The summed E-state index contributed by atoms with van der Waals surface area (Å²) in [5.74, 6) is 0. The molecule has 24 heavy (non-hydrogen) atoms. The molecule has 5 nitrogen and oxygen atoms in total. The predicted octanol–water partition coefficient (Wildman–Crippen LogP) is 4.64. The molecule has 0 aliphatic carbocycles. The van der Waals surface area contributed by atoms with Crippen molar-refractivity contribution in [2.24, 2.45) is 4.99 Å². The van der Waals surface area contributed by atoms with E-state index in [9.17, 15) is 10.1 Å². The molecule has 0 spiro atoms. The lowest BCUT2D eigenvalue weighted by molar-refractivity contribution is -0.385. The predicted molar refractivity (Wildman–Crippen MR) is 97.6 cm³/mol. The summed E-state index contributed by atoms with van der Waals surface area (Å²) >= 11 is 0. The fraction of sp³-hybridized carbons (Fsp3) is 0.316. The van der Waals surface area contributed by atoms with Gasteiger partial charge in [-0.3, -0.25) is 15.1 Å². The van der Waals surface area contributed by atoms with E-state index >= 15 is 0 Å². The average molecular weight is 323 g/mol. The lowest BCUT2D eigenvalue weighted by atomic mass is 10.1. The Kier molecular flexibility index (Phi) is 4.89. The van der Waals surface area contributed by atoms with Crippen LogP contribution in [0.5, 0.6) is 0 Å². The molecule has 2 aromatic rings. The maximum Gasteiger partial charge on any atom is 0.274 e. The Morgan fingerprint density at radius 3 is 2.46 bits per heavy atom. The van der Waals surface area contributed by atoms with Gasteiger partial charge in [0.25, 0.3) is 5.69 Å². The lowest BCUT2D eigenvalue weighted by Gasteiger charge is -2.28. The zero-order valence-electron chi connectivity index (χ0n) is 13.8. The summed E-state index contributed by atoms with van der Waals surface area (Å²) in [6.45, 7) is 3.98. The minimum Gasteiger partial charge on any atom is -0.372 e. The monoisotopic (exact) mass is 323 g/mol. The number of nitrogens with zero attached hydrogens (tertiary/aromatic N) is 3. The van der Waals surface area contributed by atoms with Gasteiger partial charge in [0.2, 0.25) is 0 Å². The summed E-state index contributed by atoms with van der Waals surface area (Å²) in [4.78, 5) is 17.4. The molecule has 5 heteroatoms. The van der Waals surface area contributed by atoms with Crippen LogP contribution in [0.15, 0.2) is 47.5 Å². The molecule has 0 atom stereocenters. The van der Waals surface area contributed by atoms with Crippen LogP contribution in [-0.4, -0.2) is 24.2 Å². The van der Waals surface area contributed by atoms with Gasteiger partial charge in [0, 0.05) is 36.6 Å². The van der Waals surface area contributed by atoms with Crippen LogP contribution >= 0.6 is 0 Å². The van der Waals surface area contributed by atoms with E-state index in [1.807, 2.05) is 12.1 Å². The van der Waals surface area contributed by atoms with E-state index in [2.05, 4.69) is 22.0 Å². The van der Waals surface area contributed by atoms with Gasteiger partial charge in [-0.2, -0.15) is 0 Å². The van der Waals surface area contributed by atoms with Crippen molar-refractivity contribution in [3.8, 4) is 0 Å². The highest BCUT2D eigenvalue weighted by atomic mass is 16.6. The normalized spacial score (nSPS) is 15.0. The number of nitro benzene ring substituents is 1. The van der Waals surface area contributed by atoms with Crippen LogP contribution < -0.4 is 4.90 Å². The van der Waals surface area contributed by atoms with Crippen molar-refractivity contribution < 1.29 is 4.92 Å². The fourth-order valence-electron chi connectivity index (χ4n) is 2.95. The Hall–Kier alpha value is -2.69. The molecule has 3 rings (SSSR count). The van der Waals surface area contributed by atoms with Crippen LogP contribution in [0.4, 0.5) is 17.1 Å². The molecule has 0 N–H and O–H groups in total. The molecule has 2 aromatic carbocycles. The van der Waals surface area contributed by atoms with E-state index in [1.165, 1.54) is 31.0 Å². The van der Waals surface area contributed by atoms with Crippen molar-refractivity contribution in [1.29, 1.82) is 0 Å². The Morgan fingerprint density at radius 1 is 1.08 bits per heavy atom. The summed E-state index contributed by atoms with van der Waals surface area (Å²) in [7, 11) is 0. The van der Waals surface area contributed by atoms with Crippen LogP contribution in [0.2, 0.25) is 0 Å². The maximum absolute atomic E-state index is 11.0. The van der Waals surface area contributed by atoms with Gasteiger partial charge in [-0.15, -0.1) is 0 Å². The SMILES string of the molecule is Cc1ccc(N=Cc2ccc(N3CCCCC3)cc2)cc1[N+](=O)[O-]. The van der Waals surface area contributed by atoms with Gasteiger partial charge < -0.3 is 4.90 Å². The molecule has 1 aliphatic rings. The topological polar surface area (TPSA) is 58.7 Å². The smallest absolute Gasteiger partial charge is 0.274 e. The van der Waals surface area contributed by atoms with Gasteiger partial charge in [-0.05, 0) is 49.9 Å². The van der Waals surface area contributed by atoms with Gasteiger partial charge in [-0.25, -0.2) is 0 Å². The number of nitro groups is 1. The van der Waals surface area contributed by atoms with Gasteiger partial charge in [-0.1, -0.05) is 18.2 Å². The number of rotatable bonds is 4. The molecule has 0 amide bonds. The first-order chi connectivity index (χ1) is 11.6. The Balaban J connectivity index is 1.72. The van der Waals surface area contributed by atoms with Crippen molar-refractivity contribution >= 4 is 23.3 Å². The largest absolute Gasteiger partial charge is 0.372 e. The number of benzene rings is 2. The first-order valence-corrected chi connectivity index (χ1v) is 8.27. The molecule has 1 heterocycles. The van der Waals surface area contributed by atoms with E-state index in [-0.39, 0.29) is 10.6 Å². The maximum atomic E-state index is 11.0. The number of aryl methyl sites for hydroxylation is 1. The number of piperidine rings is 1. The Morgan fingerprint density at radius 2 is 1.79 bits per heavy atom. The van der Waals surface area contributed by atoms with E-state index in [1.54, 1.807) is 25.3 Å². The van der Waals surface area contributed by atoms with Crippen LogP contribution in [0.1, 0.15) is 30.4 Å². The molecular weight excluding hydrogens is 302 g/mol. The second-order valence-electron chi connectivity index (χ2n) is 6.13. The van der Waals surface area contributed by atoms with Crippen molar-refractivity contribution in [3.05, 3.63) is 63.7 Å². The second kappa shape index (κ2) is 7.25. The van der Waals surface area contributed by atoms with Crippen molar-refractivity contribution in [2.45, 2.75) is 26.2 Å². The quantitative estimate of drug-likeness (QED) is 0.468. The molecule has 0 unspecified atom stereocenters. The minimum atomic E-state index is -0.373. The highest BCUT2D eigenvalue weighted by Crippen LogP contribution is 2.24. The van der Waals surface area contributed by atoms with E-state index < -0.39 is 0 Å². The Labute approximate surface area is 141 Å². The van der Waals surface area contributed by atoms with Gasteiger partial charge in [0.15, 0.2) is 0 Å². The first kappa shape index (κ1) is 16.2. The third-order valence-corrected chi connectivity index (χ3v) is 4.37. The van der Waals surface area contributed by atoms with E-state index in [0.717, 1.165) is 18.7 Å². The molecule has 1 fully saturated rings. The number of anilines is 1. The van der Waals surface area contributed by atoms with Crippen LogP contribution in [0.25, 0.3) is 0 Å². The standard InChI is InChI=1S/C19H21N3O2/c1-15-5-8-17(13-19(15)22(23)24)20-14-16-6-9-18(10-7-16)21-11-3-2-4-12-21/h5-10,13-14H,2-4,11-12H2,1H3. The zero-order chi connectivity index (χ0) is 16.9. The second-order valence-corrected chi connectivity index (χ2v) is 6.13. The number of aliphatic imine (C=N–C) groups is 1.